The molecule has 0 fully saturated rings. The molecule has 0 aliphatic rings. The van der Waals surface area contributed by atoms with Gasteiger partial charge in [0, 0.05) is 17.6 Å². The van der Waals surface area contributed by atoms with Gasteiger partial charge in [0.1, 0.15) is 16.4 Å². The molecule has 2 rings (SSSR count). The fourth-order valence-corrected chi connectivity index (χ4v) is 2.59. The van der Waals surface area contributed by atoms with Crippen molar-refractivity contribution in [3.63, 3.8) is 0 Å². The quantitative estimate of drug-likeness (QED) is 0.783. The van der Waals surface area contributed by atoms with Gasteiger partial charge in [0.2, 0.25) is 0 Å². The molecule has 0 unspecified atom stereocenters. The number of nitrogens with zero attached hydrogens (tertiary/aromatic N) is 1. The van der Waals surface area contributed by atoms with Crippen LogP contribution in [0, 0.1) is 0 Å². The second-order valence-corrected chi connectivity index (χ2v) is 5.64. The molecule has 1 heterocycles. The number of ether oxygens (including phenoxy) is 1. The molecular weight excluding hydrogens is 344 g/mol. The summed E-state index contributed by atoms with van der Waals surface area (Å²) in [5.74, 6) is 0.544. The zero-order valence-corrected chi connectivity index (χ0v) is 13.3. The minimum atomic E-state index is -0.310. The van der Waals surface area contributed by atoms with Crippen LogP contribution in [-0.4, -0.2) is 25.0 Å². The molecule has 0 radical (unpaired) electrons. The molecule has 0 spiro atoms. The number of carbonyl (C=O) groups excluding carboxylic acids is 1. The number of methoxy groups -OCH3 is 1. The number of nitrogens with one attached hydrogen (secondary N) is 2. The molecule has 0 bridgehead atoms. The number of hydrogen-bond donors (Lipinski definition) is 3. The third-order valence-electron chi connectivity index (χ3n) is 2.50. The normalized spacial score (nSPS) is 10.2. The molecular formula is C12H13BrN4O2S. The largest absolute Gasteiger partial charge is 0.497 e. The Morgan fingerprint density at radius 3 is 2.85 bits per heavy atom. The smallest absolute Gasteiger partial charge is 0.269 e. The van der Waals surface area contributed by atoms with Crippen LogP contribution in [0.15, 0.2) is 22.7 Å². The fraction of sp³-hybridized carbons (Fsp3) is 0.167. The van der Waals surface area contributed by atoms with E-state index >= 15 is 0 Å². The summed E-state index contributed by atoms with van der Waals surface area (Å²) in [4.78, 5) is 16.6. The number of thiazole rings is 1. The van der Waals surface area contributed by atoms with E-state index in [2.05, 4.69) is 31.5 Å². The molecule has 0 atom stereocenters. The van der Waals surface area contributed by atoms with Gasteiger partial charge in [-0.3, -0.25) is 4.79 Å². The monoisotopic (exact) mass is 356 g/mol. The van der Waals surface area contributed by atoms with Crippen LogP contribution in [0.3, 0.4) is 0 Å². The highest BCUT2D eigenvalue weighted by atomic mass is 79.9. The second kappa shape index (κ2) is 6.10. The predicted octanol–water partition coefficient (Wildman–Crippen LogP) is 2.79. The SMILES string of the molecule is CNc1nc(N)c(C(=O)Nc2cc(OC)ccc2Br)s1. The van der Waals surface area contributed by atoms with Crippen molar-refractivity contribution in [2.24, 2.45) is 0 Å². The molecule has 1 aromatic heterocycles. The Kier molecular flexibility index (Phi) is 4.46. The first-order valence-electron chi connectivity index (χ1n) is 5.64. The highest BCUT2D eigenvalue weighted by Crippen LogP contribution is 2.30. The van der Waals surface area contributed by atoms with E-state index in [1.807, 2.05) is 0 Å². The van der Waals surface area contributed by atoms with Gasteiger partial charge in [-0.2, -0.15) is 0 Å². The molecule has 0 saturated carbocycles. The van der Waals surface area contributed by atoms with Gasteiger partial charge in [-0.15, -0.1) is 0 Å². The Hall–Kier alpha value is -1.80. The number of halogens is 1. The molecule has 4 N–H and O–H groups in total. The summed E-state index contributed by atoms with van der Waals surface area (Å²) < 4.78 is 5.88. The first-order valence-corrected chi connectivity index (χ1v) is 7.25. The highest BCUT2D eigenvalue weighted by molar-refractivity contribution is 9.10. The molecule has 6 nitrogen and oxygen atoms in total. The Labute approximate surface area is 128 Å². The van der Waals surface area contributed by atoms with E-state index < -0.39 is 0 Å². The van der Waals surface area contributed by atoms with Crippen molar-refractivity contribution in [2.75, 3.05) is 30.5 Å². The van der Waals surface area contributed by atoms with Gasteiger partial charge in [-0.25, -0.2) is 4.98 Å². The van der Waals surface area contributed by atoms with Crippen molar-refractivity contribution in [1.82, 2.24) is 4.98 Å². The molecule has 0 aliphatic carbocycles. The summed E-state index contributed by atoms with van der Waals surface area (Å²) in [5.41, 5.74) is 6.33. The Morgan fingerprint density at radius 1 is 1.50 bits per heavy atom. The van der Waals surface area contributed by atoms with Gasteiger partial charge in [0.25, 0.3) is 5.91 Å². The number of benzene rings is 1. The maximum Gasteiger partial charge on any atom is 0.269 e. The van der Waals surface area contributed by atoms with Gasteiger partial charge in [0.15, 0.2) is 5.13 Å². The van der Waals surface area contributed by atoms with Crippen molar-refractivity contribution < 1.29 is 9.53 Å². The van der Waals surface area contributed by atoms with Gasteiger partial charge < -0.3 is 21.1 Å². The average molecular weight is 357 g/mol. The molecule has 1 aromatic carbocycles. The molecule has 1 amide bonds. The van der Waals surface area contributed by atoms with E-state index in [1.54, 1.807) is 32.4 Å². The lowest BCUT2D eigenvalue weighted by Crippen LogP contribution is -2.12. The first kappa shape index (κ1) is 14.6. The minimum absolute atomic E-state index is 0.205. The summed E-state index contributed by atoms with van der Waals surface area (Å²) in [6, 6.07) is 5.31. The molecule has 0 saturated heterocycles. The maximum absolute atomic E-state index is 12.2. The number of aromatic nitrogens is 1. The van der Waals surface area contributed by atoms with Gasteiger partial charge in [-0.05, 0) is 28.1 Å². The van der Waals surface area contributed by atoms with Crippen molar-refractivity contribution in [1.29, 1.82) is 0 Å². The highest BCUT2D eigenvalue weighted by Gasteiger charge is 2.17. The molecule has 20 heavy (non-hydrogen) atoms. The first-order chi connectivity index (χ1) is 9.55. The zero-order chi connectivity index (χ0) is 14.7. The van der Waals surface area contributed by atoms with Crippen LogP contribution in [-0.2, 0) is 0 Å². The van der Waals surface area contributed by atoms with Crippen LogP contribution in [0.5, 0.6) is 5.75 Å². The van der Waals surface area contributed by atoms with E-state index in [-0.39, 0.29) is 11.7 Å². The lowest BCUT2D eigenvalue weighted by Gasteiger charge is -2.08. The lowest BCUT2D eigenvalue weighted by atomic mass is 10.3. The molecule has 8 heteroatoms. The Bertz CT molecular complexity index is 644. The van der Waals surface area contributed by atoms with E-state index in [0.29, 0.717) is 21.4 Å². The summed E-state index contributed by atoms with van der Waals surface area (Å²) >= 11 is 4.57. The van der Waals surface area contributed by atoms with Crippen molar-refractivity contribution in [3.8, 4) is 5.75 Å². The number of nitrogens with two attached hydrogens (primary N) is 1. The van der Waals surface area contributed by atoms with Crippen molar-refractivity contribution in [3.05, 3.63) is 27.5 Å². The number of rotatable bonds is 4. The summed E-state index contributed by atoms with van der Waals surface area (Å²) in [6.45, 7) is 0. The molecule has 2 aromatic rings. The molecule has 106 valence electrons. The van der Waals surface area contributed by atoms with Crippen LogP contribution < -0.4 is 21.1 Å². The van der Waals surface area contributed by atoms with Crippen LogP contribution in [0.25, 0.3) is 0 Å². The maximum atomic E-state index is 12.2. The van der Waals surface area contributed by atoms with Crippen LogP contribution in [0.2, 0.25) is 0 Å². The topological polar surface area (TPSA) is 89.3 Å². The van der Waals surface area contributed by atoms with Crippen LogP contribution in [0.4, 0.5) is 16.6 Å². The number of anilines is 3. The summed E-state index contributed by atoms with van der Waals surface area (Å²) in [6.07, 6.45) is 0. The third-order valence-corrected chi connectivity index (χ3v) is 4.27. The number of amides is 1. The Balaban J connectivity index is 2.25. The standard InChI is InChI=1S/C12H13BrN4O2S/c1-15-12-17-10(14)9(20-12)11(18)16-8-5-6(19-2)3-4-7(8)13/h3-5H,14H2,1-2H3,(H,15,17)(H,16,18). The molecule has 0 aliphatic heterocycles. The average Bonchev–Trinajstić information content (AvgIpc) is 2.82. The lowest BCUT2D eigenvalue weighted by molar-refractivity contribution is 0.103. The van der Waals surface area contributed by atoms with Gasteiger partial charge in [-0.1, -0.05) is 11.3 Å². The van der Waals surface area contributed by atoms with Crippen LogP contribution >= 0.6 is 27.3 Å². The summed E-state index contributed by atoms with van der Waals surface area (Å²) in [5, 5.41) is 6.23. The predicted molar refractivity (Wildman–Crippen MR) is 84.7 cm³/mol. The Morgan fingerprint density at radius 2 is 2.25 bits per heavy atom. The number of nitrogen functional groups attached to an aromatic ring is 1. The third kappa shape index (κ3) is 3.02. The van der Waals surface area contributed by atoms with Crippen molar-refractivity contribution in [2.45, 2.75) is 0 Å². The van der Waals surface area contributed by atoms with Crippen LogP contribution in [0.1, 0.15) is 9.67 Å². The fourth-order valence-electron chi connectivity index (χ4n) is 1.51. The summed E-state index contributed by atoms with van der Waals surface area (Å²) in [7, 11) is 3.29. The van der Waals surface area contributed by atoms with Crippen molar-refractivity contribution >= 4 is 49.8 Å². The van der Waals surface area contributed by atoms with Gasteiger partial charge >= 0.3 is 0 Å². The second-order valence-electron chi connectivity index (χ2n) is 3.78. The van der Waals surface area contributed by atoms with E-state index in [0.717, 1.165) is 4.47 Å². The number of hydrogen-bond acceptors (Lipinski definition) is 6. The van der Waals surface area contributed by atoms with Gasteiger partial charge in [0.05, 0.1) is 12.8 Å². The van der Waals surface area contributed by atoms with E-state index in [4.69, 9.17) is 10.5 Å². The van der Waals surface area contributed by atoms with E-state index in [9.17, 15) is 4.79 Å². The van der Waals surface area contributed by atoms with E-state index in [1.165, 1.54) is 11.3 Å². The minimum Gasteiger partial charge on any atom is -0.497 e. The number of carbonyl (C=O) groups is 1. The zero-order valence-electron chi connectivity index (χ0n) is 10.9.